The molecule has 10 nitrogen and oxygen atoms in total. The molecule has 12 heteroatoms. The summed E-state index contributed by atoms with van der Waals surface area (Å²) in [6.07, 6.45) is 0.260. The number of pyridine rings is 2. The molecule has 1 amide bonds. The number of non-ortho nitro benzene ring substituents is 1. The largest absolute Gasteiger partial charge is 0.455 e. The first-order chi connectivity index (χ1) is 16.2. The van der Waals surface area contributed by atoms with E-state index in [0.29, 0.717) is 17.1 Å². The van der Waals surface area contributed by atoms with Crippen LogP contribution < -0.4 is 10.1 Å². The molecule has 0 atom stereocenters. The number of nitro groups is 1. The molecule has 0 aliphatic heterocycles. The highest BCUT2D eigenvalue weighted by atomic mass is 19.3. The molecular weight excluding hydrogens is 450 g/mol. The zero-order valence-electron chi connectivity index (χ0n) is 18.0. The number of aromatic nitrogens is 4. The summed E-state index contributed by atoms with van der Waals surface area (Å²) < 4.78 is 33.8. The molecular formula is C22H18F2N6O4. The van der Waals surface area contributed by atoms with E-state index in [1.165, 1.54) is 35.1 Å². The van der Waals surface area contributed by atoms with E-state index in [-0.39, 0.29) is 40.3 Å². The van der Waals surface area contributed by atoms with Crippen LogP contribution in [0.4, 0.5) is 20.2 Å². The third-order valence-corrected chi connectivity index (χ3v) is 4.82. The van der Waals surface area contributed by atoms with Crippen molar-refractivity contribution >= 4 is 28.3 Å². The Bertz CT molecular complexity index is 1390. The number of nitro benzene ring substituents is 1. The van der Waals surface area contributed by atoms with Gasteiger partial charge in [-0.2, -0.15) is 5.10 Å². The molecule has 3 heterocycles. The van der Waals surface area contributed by atoms with Crippen molar-refractivity contribution in [2.24, 2.45) is 0 Å². The summed E-state index contributed by atoms with van der Waals surface area (Å²) >= 11 is 0. The summed E-state index contributed by atoms with van der Waals surface area (Å²) in [5.74, 6) is -0.106. The fraction of sp³-hybridized carbons (Fsp3) is 0.182. The summed E-state index contributed by atoms with van der Waals surface area (Å²) in [7, 11) is 0. The summed E-state index contributed by atoms with van der Waals surface area (Å²) in [6, 6.07) is 8.36. The number of carbonyl (C=O) groups is 1. The van der Waals surface area contributed by atoms with Gasteiger partial charge in [-0.1, -0.05) is 0 Å². The number of anilines is 1. The van der Waals surface area contributed by atoms with Gasteiger partial charge in [-0.25, -0.2) is 18.4 Å². The van der Waals surface area contributed by atoms with E-state index in [9.17, 15) is 23.7 Å². The van der Waals surface area contributed by atoms with E-state index in [1.54, 1.807) is 32.2 Å². The van der Waals surface area contributed by atoms with Gasteiger partial charge in [0.25, 0.3) is 12.1 Å². The Labute approximate surface area is 191 Å². The number of aryl methyl sites for hydroxylation is 2. The minimum Gasteiger partial charge on any atom is -0.455 e. The van der Waals surface area contributed by atoms with E-state index >= 15 is 0 Å². The molecule has 0 saturated carbocycles. The maximum absolute atomic E-state index is 13.5. The Morgan fingerprint density at radius 1 is 1.24 bits per heavy atom. The first-order valence-electron chi connectivity index (χ1n) is 10.0. The van der Waals surface area contributed by atoms with Gasteiger partial charge in [-0.05, 0) is 32.0 Å². The first kappa shape index (κ1) is 22.7. The molecule has 0 aliphatic carbocycles. The maximum Gasteiger partial charge on any atom is 0.275 e. The second-order valence-electron chi connectivity index (χ2n) is 7.41. The van der Waals surface area contributed by atoms with Crippen molar-refractivity contribution < 1.29 is 23.2 Å². The number of carbonyl (C=O) groups excluding carboxylic acids is 1. The van der Waals surface area contributed by atoms with Gasteiger partial charge in [0, 0.05) is 29.6 Å². The van der Waals surface area contributed by atoms with Crippen molar-refractivity contribution in [3.05, 3.63) is 75.9 Å². The smallest absolute Gasteiger partial charge is 0.275 e. The average molecular weight is 468 g/mol. The predicted molar refractivity (Wildman–Crippen MR) is 118 cm³/mol. The summed E-state index contributed by atoms with van der Waals surface area (Å²) in [5, 5.41) is 18.3. The van der Waals surface area contributed by atoms with Crippen LogP contribution in [0.2, 0.25) is 0 Å². The molecule has 1 aromatic carbocycles. The third kappa shape index (κ3) is 4.80. The maximum atomic E-state index is 13.5. The summed E-state index contributed by atoms with van der Waals surface area (Å²) in [6.45, 7) is 2.79. The van der Waals surface area contributed by atoms with E-state index in [2.05, 4.69) is 20.4 Å². The monoisotopic (exact) mass is 468 g/mol. The Morgan fingerprint density at radius 3 is 2.71 bits per heavy atom. The number of benzene rings is 1. The highest BCUT2D eigenvalue weighted by Crippen LogP contribution is 2.31. The lowest BCUT2D eigenvalue weighted by molar-refractivity contribution is -0.384. The molecule has 0 fully saturated rings. The summed E-state index contributed by atoms with van der Waals surface area (Å²) in [5.41, 5.74) is 0.443. The van der Waals surface area contributed by atoms with Gasteiger partial charge in [0.15, 0.2) is 5.65 Å². The Balaban J connectivity index is 1.61. The third-order valence-electron chi connectivity index (χ3n) is 4.82. The Kier molecular flexibility index (Phi) is 6.13. The lowest BCUT2D eigenvalue weighted by Gasteiger charge is -2.10. The van der Waals surface area contributed by atoms with Crippen LogP contribution in [0.15, 0.2) is 48.8 Å². The molecule has 1 N–H and O–H groups in total. The van der Waals surface area contributed by atoms with E-state index in [1.807, 2.05) is 0 Å². The second kappa shape index (κ2) is 9.17. The van der Waals surface area contributed by atoms with Gasteiger partial charge < -0.3 is 10.1 Å². The number of alkyl halides is 2. The molecule has 0 unspecified atom stereocenters. The molecule has 0 spiro atoms. The zero-order chi connectivity index (χ0) is 24.4. The van der Waals surface area contributed by atoms with Crippen molar-refractivity contribution in [2.45, 2.75) is 26.8 Å². The van der Waals surface area contributed by atoms with Crippen LogP contribution in [0.5, 0.6) is 11.5 Å². The number of hydrogen-bond donors (Lipinski definition) is 1. The number of ether oxygens (including phenoxy) is 1. The predicted octanol–water partition coefficient (Wildman–Crippen LogP) is 4.72. The van der Waals surface area contributed by atoms with Crippen LogP contribution in [0, 0.1) is 24.0 Å². The van der Waals surface area contributed by atoms with Gasteiger partial charge in [0.2, 0.25) is 5.91 Å². The first-order valence-corrected chi connectivity index (χ1v) is 10.0. The highest BCUT2D eigenvalue weighted by molar-refractivity contribution is 5.92. The second-order valence-corrected chi connectivity index (χ2v) is 7.41. The fourth-order valence-corrected chi connectivity index (χ4v) is 3.50. The topological polar surface area (TPSA) is 125 Å². The molecule has 34 heavy (non-hydrogen) atoms. The molecule has 174 valence electrons. The lowest BCUT2D eigenvalue weighted by atomic mass is 10.1. The number of amides is 1. The number of rotatable bonds is 7. The van der Waals surface area contributed by atoms with Crippen LogP contribution in [0.1, 0.15) is 23.4 Å². The van der Waals surface area contributed by atoms with E-state index < -0.39 is 17.3 Å². The van der Waals surface area contributed by atoms with Crippen LogP contribution in [-0.4, -0.2) is 30.6 Å². The van der Waals surface area contributed by atoms with E-state index in [0.717, 1.165) is 0 Å². The number of fused-ring (bicyclic) bond motifs is 1. The fourth-order valence-electron chi connectivity index (χ4n) is 3.50. The SMILES string of the molecule is Cc1cc(C(F)F)c2c(C)nn(CC(=O)Nc3cc(Oc4cccnc4)cc([N+](=O)[O-])c3)c2n1. The average Bonchev–Trinajstić information content (AvgIpc) is 3.08. The molecule has 0 radical (unpaired) electrons. The van der Waals surface area contributed by atoms with Crippen LogP contribution >= 0.6 is 0 Å². The molecule has 0 bridgehead atoms. The lowest BCUT2D eigenvalue weighted by Crippen LogP contribution is -2.20. The minimum atomic E-state index is -2.72. The van der Waals surface area contributed by atoms with Gasteiger partial charge in [0.05, 0.1) is 34.0 Å². The molecule has 3 aromatic heterocycles. The molecule has 0 aliphatic rings. The number of nitrogens with one attached hydrogen (secondary N) is 1. The van der Waals surface area contributed by atoms with Crippen LogP contribution in [-0.2, 0) is 11.3 Å². The standard InChI is InChI=1S/C22H18F2N6O4/c1-12-6-18(21(23)24)20-13(2)28-29(22(20)26-12)11-19(31)27-14-7-15(30(32)33)9-17(8-14)34-16-4-3-5-25-10-16/h3-10,21H,11H2,1-2H3,(H,27,31). The Morgan fingerprint density at radius 2 is 2.03 bits per heavy atom. The van der Waals surface area contributed by atoms with Crippen LogP contribution in [0.25, 0.3) is 11.0 Å². The minimum absolute atomic E-state index is 0.115. The van der Waals surface area contributed by atoms with Gasteiger partial charge in [-0.15, -0.1) is 0 Å². The molecule has 4 rings (SSSR count). The van der Waals surface area contributed by atoms with E-state index in [4.69, 9.17) is 4.74 Å². The van der Waals surface area contributed by atoms with Crippen molar-refractivity contribution in [2.75, 3.05) is 5.32 Å². The number of nitrogens with zero attached hydrogens (tertiary/aromatic N) is 5. The van der Waals surface area contributed by atoms with Crippen molar-refractivity contribution in [1.82, 2.24) is 19.7 Å². The molecule has 4 aromatic rings. The normalized spacial score (nSPS) is 11.1. The van der Waals surface area contributed by atoms with Gasteiger partial charge >= 0.3 is 0 Å². The number of hydrogen-bond acceptors (Lipinski definition) is 7. The van der Waals surface area contributed by atoms with Gasteiger partial charge in [-0.3, -0.25) is 19.9 Å². The Hall–Kier alpha value is -4.48. The summed E-state index contributed by atoms with van der Waals surface area (Å²) in [4.78, 5) is 31.6. The van der Waals surface area contributed by atoms with Crippen molar-refractivity contribution in [3.8, 4) is 11.5 Å². The van der Waals surface area contributed by atoms with Crippen molar-refractivity contribution in [3.63, 3.8) is 0 Å². The quantitative estimate of drug-likeness (QED) is 0.307. The van der Waals surface area contributed by atoms with Gasteiger partial charge in [0.1, 0.15) is 18.0 Å². The number of halogens is 2. The van der Waals surface area contributed by atoms with Crippen molar-refractivity contribution in [1.29, 1.82) is 0 Å². The highest BCUT2D eigenvalue weighted by Gasteiger charge is 2.21. The molecule has 0 saturated heterocycles. The van der Waals surface area contributed by atoms with Crippen LogP contribution in [0.3, 0.4) is 0 Å². The zero-order valence-corrected chi connectivity index (χ0v) is 18.0.